The van der Waals surface area contributed by atoms with Crippen molar-refractivity contribution >= 4 is 11.8 Å². The molecular weight excluding hydrogens is 247 g/mol. The summed E-state index contributed by atoms with van der Waals surface area (Å²) < 4.78 is 36.9. The number of alkyl halides is 3. The van der Waals surface area contributed by atoms with Gasteiger partial charge in [-0.15, -0.1) is 0 Å². The van der Waals surface area contributed by atoms with Crippen LogP contribution in [-0.2, 0) is 11.9 Å². The van der Waals surface area contributed by atoms with Gasteiger partial charge in [0.1, 0.15) is 0 Å². The predicted molar refractivity (Wildman–Crippen MR) is 65.9 cm³/mol. The number of rotatable bonds is 5. The van der Waals surface area contributed by atoms with Gasteiger partial charge < -0.3 is 5.73 Å². The van der Waals surface area contributed by atoms with Crippen LogP contribution in [0.4, 0.5) is 13.2 Å². The van der Waals surface area contributed by atoms with E-state index in [1.165, 1.54) is 12.1 Å². The molecule has 5 heteroatoms. The van der Waals surface area contributed by atoms with E-state index in [0.29, 0.717) is 5.75 Å². The van der Waals surface area contributed by atoms with Crippen molar-refractivity contribution in [1.82, 2.24) is 0 Å². The minimum atomic E-state index is -4.25. The number of benzene rings is 1. The van der Waals surface area contributed by atoms with E-state index in [4.69, 9.17) is 5.73 Å². The lowest BCUT2D eigenvalue weighted by molar-refractivity contribution is -0.137. The molecule has 0 spiro atoms. The average Bonchev–Trinajstić information content (AvgIpc) is 2.28. The molecule has 1 rings (SSSR count). The molecule has 0 bridgehead atoms. The Morgan fingerprint density at radius 2 is 1.82 bits per heavy atom. The number of nitrogens with two attached hydrogens (primary N) is 1. The van der Waals surface area contributed by atoms with E-state index in [9.17, 15) is 13.2 Å². The Kier molecular flexibility index (Phi) is 5.33. The number of hydrogen-bond acceptors (Lipinski definition) is 2. The molecule has 0 aromatic heterocycles. The monoisotopic (exact) mass is 263 g/mol. The second-order valence-electron chi connectivity index (χ2n) is 3.88. The first-order valence-electron chi connectivity index (χ1n) is 5.43. The van der Waals surface area contributed by atoms with Crippen molar-refractivity contribution in [1.29, 1.82) is 0 Å². The van der Waals surface area contributed by atoms with Crippen LogP contribution in [0.25, 0.3) is 0 Å². The van der Waals surface area contributed by atoms with Gasteiger partial charge in [0.15, 0.2) is 0 Å². The van der Waals surface area contributed by atoms with Crippen LogP contribution < -0.4 is 5.73 Å². The molecule has 2 N–H and O–H groups in total. The molecular formula is C12H16F3NS. The maximum atomic E-state index is 12.3. The summed E-state index contributed by atoms with van der Waals surface area (Å²) in [6.07, 6.45) is -3.34. The third-order valence-electron chi connectivity index (χ3n) is 2.41. The molecule has 0 amide bonds. The van der Waals surface area contributed by atoms with Crippen LogP contribution in [-0.4, -0.2) is 11.8 Å². The summed E-state index contributed by atoms with van der Waals surface area (Å²) in [5.74, 6) is 1.53. The van der Waals surface area contributed by atoms with E-state index >= 15 is 0 Å². The lowest BCUT2D eigenvalue weighted by Gasteiger charge is -2.09. The Morgan fingerprint density at radius 3 is 2.29 bits per heavy atom. The maximum absolute atomic E-state index is 12.3. The van der Waals surface area contributed by atoms with Crippen LogP contribution in [0, 0.1) is 0 Å². The van der Waals surface area contributed by atoms with Crippen molar-refractivity contribution in [2.24, 2.45) is 5.73 Å². The minimum Gasteiger partial charge on any atom is -0.327 e. The first-order valence-corrected chi connectivity index (χ1v) is 6.58. The molecule has 1 unspecified atom stereocenters. The van der Waals surface area contributed by atoms with Gasteiger partial charge >= 0.3 is 6.18 Å². The molecule has 1 atom stereocenters. The van der Waals surface area contributed by atoms with E-state index in [1.54, 1.807) is 11.8 Å². The molecule has 0 fully saturated rings. The van der Waals surface area contributed by atoms with Gasteiger partial charge in [-0.1, -0.05) is 19.1 Å². The highest BCUT2D eigenvalue weighted by atomic mass is 32.2. The zero-order valence-electron chi connectivity index (χ0n) is 9.63. The third kappa shape index (κ3) is 5.00. The lowest BCUT2D eigenvalue weighted by Crippen LogP contribution is -2.21. The molecule has 1 aromatic carbocycles. The highest BCUT2D eigenvalue weighted by Gasteiger charge is 2.29. The van der Waals surface area contributed by atoms with Crippen LogP contribution in [0.3, 0.4) is 0 Å². The Labute approximate surface area is 104 Å². The second-order valence-corrected chi connectivity index (χ2v) is 4.91. The molecule has 1 nitrogen and oxygen atoms in total. The second kappa shape index (κ2) is 6.31. The first-order chi connectivity index (χ1) is 7.93. The summed E-state index contributed by atoms with van der Waals surface area (Å²) in [6.45, 7) is 2.02. The molecule has 0 radical (unpaired) electrons. The van der Waals surface area contributed by atoms with Crippen molar-refractivity contribution in [3.8, 4) is 0 Å². The minimum absolute atomic E-state index is 0.162. The fourth-order valence-electron chi connectivity index (χ4n) is 1.24. The summed E-state index contributed by atoms with van der Waals surface area (Å²) in [5, 5.41) is 0. The Hall–Kier alpha value is -0.680. The van der Waals surface area contributed by atoms with Crippen LogP contribution in [0.2, 0.25) is 0 Å². The Balaban J connectivity index is 2.46. The van der Waals surface area contributed by atoms with Gasteiger partial charge in [-0.3, -0.25) is 0 Å². The van der Waals surface area contributed by atoms with Gasteiger partial charge in [-0.05, 0) is 24.1 Å². The van der Waals surface area contributed by atoms with Crippen molar-refractivity contribution < 1.29 is 13.2 Å². The van der Waals surface area contributed by atoms with E-state index in [0.717, 1.165) is 29.9 Å². The number of halogens is 3. The van der Waals surface area contributed by atoms with Gasteiger partial charge in [0.25, 0.3) is 0 Å². The van der Waals surface area contributed by atoms with E-state index < -0.39 is 11.7 Å². The maximum Gasteiger partial charge on any atom is 0.416 e. The highest BCUT2D eigenvalue weighted by Crippen LogP contribution is 2.29. The van der Waals surface area contributed by atoms with Gasteiger partial charge in [-0.2, -0.15) is 24.9 Å². The summed E-state index contributed by atoms with van der Waals surface area (Å²) in [6, 6.07) is 5.45. The molecule has 0 saturated heterocycles. The molecule has 0 aliphatic carbocycles. The van der Waals surface area contributed by atoms with Crippen molar-refractivity contribution in [3.05, 3.63) is 35.4 Å². The molecule has 0 saturated carbocycles. The van der Waals surface area contributed by atoms with E-state index in [2.05, 4.69) is 0 Å². The topological polar surface area (TPSA) is 26.0 Å². The Morgan fingerprint density at radius 1 is 1.24 bits per heavy atom. The standard InChI is InChI=1S/C12H16F3NS/c1-2-11(16)8-17-7-9-3-5-10(6-4-9)12(13,14)15/h3-6,11H,2,7-8,16H2,1H3. The molecule has 17 heavy (non-hydrogen) atoms. The van der Waals surface area contributed by atoms with Crippen LogP contribution >= 0.6 is 11.8 Å². The molecule has 96 valence electrons. The summed E-state index contributed by atoms with van der Waals surface area (Å²) in [4.78, 5) is 0. The SMILES string of the molecule is CCC(N)CSCc1ccc(C(F)(F)F)cc1. The largest absolute Gasteiger partial charge is 0.416 e. The fraction of sp³-hybridized carbons (Fsp3) is 0.500. The quantitative estimate of drug-likeness (QED) is 0.877. The predicted octanol–water partition coefficient (Wildman–Crippen LogP) is 3.68. The van der Waals surface area contributed by atoms with Gasteiger partial charge in [0.2, 0.25) is 0 Å². The smallest absolute Gasteiger partial charge is 0.327 e. The van der Waals surface area contributed by atoms with Gasteiger partial charge in [-0.25, -0.2) is 0 Å². The normalized spacial score (nSPS) is 13.7. The summed E-state index contributed by atoms with van der Waals surface area (Å²) in [7, 11) is 0. The van der Waals surface area contributed by atoms with E-state index in [-0.39, 0.29) is 6.04 Å². The summed E-state index contributed by atoms with van der Waals surface area (Å²) >= 11 is 1.65. The lowest BCUT2D eigenvalue weighted by atomic mass is 10.1. The van der Waals surface area contributed by atoms with Crippen LogP contribution in [0.15, 0.2) is 24.3 Å². The van der Waals surface area contributed by atoms with Gasteiger partial charge in [0, 0.05) is 17.5 Å². The van der Waals surface area contributed by atoms with Crippen molar-refractivity contribution in [2.75, 3.05) is 5.75 Å². The van der Waals surface area contributed by atoms with Gasteiger partial charge in [0.05, 0.1) is 5.56 Å². The molecule has 0 aliphatic rings. The number of thioether (sulfide) groups is 1. The zero-order chi connectivity index (χ0) is 12.9. The zero-order valence-corrected chi connectivity index (χ0v) is 10.4. The number of hydrogen-bond donors (Lipinski definition) is 1. The van der Waals surface area contributed by atoms with Crippen molar-refractivity contribution in [2.45, 2.75) is 31.3 Å². The van der Waals surface area contributed by atoms with Crippen molar-refractivity contribution in [3.63, 3.8) is 0 Å². The molecule has 1 aromatic rings. The first kappa shape index (κ1) is 14.4. The highest BCUT2D eigenvalue weighted by molar-refractivity contribution is 7.98. The molecule has 0 aliphatic heterocycles. The van der Waals surface area contributed by atoms with Crippen LogP contribution in [0.1, 0.15) is 24.5 Å². The molecule has 0 heterocycles. The third-order valence-corrected chi connectivity index (χ3v) is 3.61. The van der Waals surface area contributed by atoms with Crippen LogP contribution in [0.5, 0.6) is 0 Å². The fourth-order valence-corrected chi connectivity index (χ4v) is 2.32. The van der Waals surface area contributed by atoms with E-state index in [1.807, 2.05) is 6.92 Å². The Bertz CT molecular complexity index is 335. The summed E-state index contributed by atoms with van der Waals surface area (Å²) in [5.41, 5.74) is 6.04. The average molecular weight is 263 g/mol.